The van der Waals surface area contributed by atoms with Crippen LogP contribution >= 0.6 is 11.3 Å². The Bertz CT molecular complexity index is 1200. The van der Waals surface area contributed by atoms with Crippen molar-refractivity contribution < 1.29 is 19.5 Å². The molecular formula is C21H21N5O5S. The second kappa shape index (κ2) is 10.4. The van der Waals surface area contributed by atoms with Gasteiger partial charge in [0.15, 0.2) is 0 Å². The fourth-order valence-electron chi connectivity index (χ4n) is 2.99. The molecule has 2 aromatic heterocycles. The molecule has 32 heavy (non-hydrogen) atoms. The van der Waals surface area contributed by atoms with Gasteiger partial charge in [-0.1, -0.05) is 18.2 Å². The predicted octanol–water partition coefficient (Wildman–Crippen LogP) is 1.90. The molecule has 0 saturated heterocycles. The molecule has 0 aliphatic carbocycles. The number of fused-ring (bicyclic) bond motifs is 1. The van der Waals surface area contributed by atoms with E-state index in [2.05, 4.69) is 15.6 Å². The van der Waals surface area contributed by atoms with Crippen molar-refractivity contribution >= 4 is 45.1 Å². The number of benzene rings is 1. The molecule has 0 aliphatic heterocycles. The van der Waals surface area contributed by atoms with Crippen molar-refractivity contribution in [2.45, 2.75) is 25.4 Å². The standard InChI is InChI=1S/C21H21N5O5S/c22-17(27)10-4-2-7-14(25-21(30)31)19(28)24-15-8-5-11-26(20(15)29)12-18-23-13-6-1-3-9-16(13)32-18/h1,3-6,8-11,14,25H,2,7,12H2,(H2,22,27)(H,24,28)(H,30,31)/b10-4+. The zero-order valence-corrected chi connectivity index (χ0v) is 17.7. The highest BCUT2D eigenvalue weighted by atomic mass is 32.1. The Kier molecular flexibility index (Phi) is 7.34. The lowest BCUT2D eigenvalue weighted by Gasteiger charge is -2.16. The number of carbonyl (C=O) groups is 3. The summed E-state index contributed by atoms with van der Waals surface area (Å²) >= 11 is 1.47. The van der Waals surface area contributed by atoms with Crippen molar-refractivity contribution in [3.8, 4) is 0 Å². The molecule has 3 amide bonds. The molecular weight excluding hydrogens is 434 g/mol. The van der Waals surface area contributed by atoms with Crippen LogP contribution in [0, 0.1) is 0 Å². The van der Waals surface area contributed by atoms with Crippen molar-refractivity contribution in [3.05, 3.63) is 70.1 Å². The number of carbonyl (C=O) groups excluding carboxylic acids is 2. The second-order valence-electron chi connectivity index (χ2n) is 6.80. The fourth-order valence-corrected chi connectivity index (χ4v) is 3.96. The van der Waals surface area contributed by atoms with Gasteiger partial charge in [-0.25, -0.2) is 9.78 Å². The summed E-state index contributed by atoms with van der Waals surface area (Å²) in [5.41, 5.74) is 5.42. The number of hydrogen-bond acceptors (Lipinski definition) is 6. The molecule has 5 N–H and O–H groups in total. The van der Waals surface area contributed by atoms with Gasteiger partial charge in [0.25, 0.3) is 5.56 Å². The first-order valence-electron chi connectivity index (χ1n) is 9.63. The summed E-state index contributed by atoms with van der Waals surface area (Å²) in [4.78, 5) is 51.8. The number of para-hydroxylation sites is 1. The number of hydrogen-bond donors (Lipinski definition) is 4. The molecule has 0 fully saturated rings. The Morgan fingerprint density at radius 2 is 2.00 bits per heavy atom. The van der Waals surface area contributed by atoms with Gasteiger partial charge in [0.1, 0.15) is 16.7 Å². The van der Waals surface area contributed by atoms with Gasteiger partial charge >= 0.3 is 6.09 Å². The van der Waals surface area contributed by atoms with E-state index in [9.17, 15) is 19.2 Å². The summed E-state index contributed by atoms with van der Waals surface area (Å²) in [7, 11) is 0. The Hall–Kier alpha value is -3.99. The Balaban J connectivity index is 1.73. The average Bonchev–Trinajstić information content (AvgIpc) is 3.15. The van der Waals surface area contributed by atoms with Crippen molar-refractivity contribution in [2.24, 2.45) is 5.73 Å². The van der Waals surface area contributed by atoms with E-state index >= 15 is 0 Å². The van der Waals surface area contributed by atoms with Gasteiger partial charge in [-0.3, -0.25) is 14.4 Å². The molecule has 0 aliphatic rings. The first-order valence-corrected chi connectivity index (χ1v) is 10.5. The normalized spacial score (nSPS) is 12.0. The number of nitrogens with zero attached hydrogens (tertiary/aromatic N) is 2. The molecule has 3 rings (SSSR count). The van der Waals surface area contributed by atoms with Gasteiger partial charge in [0.05, 0.1) is 16.8 Å². The third-order valence-electron chi connectivity index (χ3n) is 4.44. The van der Waals surface area contributed by atoms with Crippen molar-refractivity contribution in [1.82, 2.24) is 14.9 Å². The van der Waals surface area contributed by atoms with Crippen molar-refractivity contribution in [3.63, 3.8) is 0 Å². The number of nitrogens with two attached hydrogens (primary N) is 1. The lowest BCUT2D eigenvalue weighted by molar-refractivity contribution is -0.118. The number of pyridine rings is 1. The second-order valence-corrected chi connectivity index (χ2v) is 7.92. The number of anilines is 1. The van der Waals surface area contributed by atoms with Gasteiger partial charge in [-0.2, -0.15) is 0 Å². The van der Waals surface area contributed by atoms with Gasteiger partial charge in [0, 0.05) is 6.20 Å². The van der Waals surface area contributed by atoms with E-state index < -0.39 is 29.5 Å². The van der Waals surface area contributed by atoms with E-state index in [-0.39, 0.29) is 25.1 Å². The molecule has 1 atom stereocenters. The lowest BCUT2D eigenvalue weighted by Crippen LogP contribution is -2.44. The highest BCUT2D eigenvalue weighted by Crippen LogP contribution is 2.22. The smallest absolute Gasteiger partial charge is 0.405 e. The zero-order chi connectivity index (χ0) is 23.1. The molecule has 0 bridgehead atoms. The number of aromatic nitrogens is 2. The van der Waals surface area contributed by atoms with E-state index in [0.29, 0.717) is 0 Å². The highest BCUT2D eigenvalue weighted by molar-refractivity contribution is 7.18. The molecule has 0 spiro atoms. The molecule has 3 aromatic rings. The van der Waals surface area contributed by atoms with Gasteiger partial charge in [0.2, 0.25) is 11.8 Å². The van der Waals surface area contributed by atoms with E-state index in [1.165, 1.54) is 28.0 Å². The summed E-state index contributed by atoms with van der Waals surface area (Å²) in [5.74, 6) is -1.33. The molecule has 166 valence electrons. The zero-order valence-electron chi connectivity index (χ0n) is 16.9. The van der Waals surface area contributed by atoms with Gasteiger partial charge in [-0.05, 0) is 43.2 Å². The number of primary amides is 1. The first kappa shape index (κ1) is 22.7. The van der Waals surface area contributed by atoms with Crippen LogP contribution < -0.4 is 21.9 Å². The third kappa shape index (κ3) is 6.01. The Morgan fingerprint density at radius 1 is 1.22 bits per heavy atom. The van der Waals surface area contributed by atoms with Crippen LogP contribution in [0.4, 0.5) is 10.5 Å². The van der Waals surface area contributed by atoms with E-state index in [1.54, 1.807) is 12.3 Å². The van der Waals surface area contributed by atoms with Crippen LogP contribution in [0.3, 0.4) is 0 Å². The maximum Gasteiger partial charge on any atom is 0.405 e. The van der Waals surface area contributed by atoms with Crippen LogP contribution in [-0.4, -0.2) is 38.6 Å². The fraction of sp³-hybridized carbons (Fsp3) is 0.190. The predicted molar refractivity (Wildman–Crippen MR) is 121 cm³/mol. The molecule has 0 radical (unpaired) electrons. The molecule has 1 unspecified atom stereocenters. The topological polar surface area (TPSA) is 156 Å². The minimum absolute atomic E-state index is 0.0171. The Morgan fingerprint density at radius 3 is 2.72 bits per heavy atom. The van der Waals surface area contributed by atoms with Crippen LogP contribution in [0.2, 0.25) is 0 Å². The molecule has 11 heteroatoms. The summed E-state index contributed by atoms with van der Waals surface area (Å²) in [6.07, 6.45) is 3.09. The van der Waals surface area contributed by atoms with Crippen LogP contribution in [0.15, 0.2) is 59.5 Å². The number of thiazole rings is 1. The van der Waals surface area contributed by atoms with Crippen LogP contribution in [0.5, 0.6) is 0 Å². The first-order chi connectivity index (χ1) is 15.3. The number of amides is 3. The SMILES string of the molecule is NC(=O)/C=C/CCC(NC(=O)O)C(=O)Nc1cccn(Cc2nc3ccccc3s2)c1=O. The van der Waals surface area contributed by atoms with Crippen LogP contribution in [0.25, 0.3) is 10.2 Å². The summed E-state index contributed by atoms with van der Waals surface area (Å²) in [6.45, 7) is 0.233. The van der Waals surface area contributed by atoms with Gasteiger partial charge < -0.3 is 26.0 Å². The summed E-state index contributed by atoms with van der Waals surface area (Å²) in [6, 6.07) is 9.58. The van der Waals surface area contributed by atoms with E-state index in [4.69, 9.17) is 10.8 Å². The van der Waals surface area contributed by atoms with Crippen molar-refractivity contribution in [1.29, 1.82) is 0 Å². The number of allylic oxidation sites excluding steroid dienone is 1. The molecule has 0 saturated carbocycles. The third-order valence-corrected chi connectivity index (χ3v) is 5.46. The number of carboxylic acid groups (broad SMARTS) is 1. The van der Waals surface area contributed by atoms with E-state index in [0.717, 1.165) is 21.3 Å². The molecule has 10 nitrogen and oxygen atoms in total. The summed E-state index contributed by atoms with van der Waals surface area (Å²) in [5, 5.41) is 14.4. The van der Waals surface area contributed by atoms with Crippen LogP contribution in [-0.2, 0) is 16.1 Å². The summed E-state index contributed by atoms with van der Waals surface area (Å²) < 4.78 is 2.43. The largest absolute Gasteiger partial charge is 0.465 e. The minimum Gasteiger partial charge on any atom is -0.465 e. The average molecular weight is 455 g/mol. The van der Waals surface area contributed by atoms with Crippen molar-refractivity contribution in [2.75, 3.05) is 5.32 Å². The maximum atomic E-state index is 12.8. The van der Waals surface area contributed by atoms with E-state index in [1.807, 2.05) is 24.3 Å². The maximum absolute atomic E-state index is 12.8. The molecule has 2 heterocycles. The molecule has 1 aromatic carbocycles. The number of nitrogens with one attached hydrogen (secondary N) is 2. The monoisotopic (exact) mass is 455 g/mol. The minimum atomic E-state index is -1.38. The number of rotatable bonds is 9. The quantitative estimate of drug-likeness (QED) is 0.361. The lowest BCUT2D eigenvalue weighted by atomic mass is 10.1. The van der Waals surface area contributed by atoms with Crippen LogP contribution in [0.1, 0.15) is 17.8 Å². The van der Waals surface area contributed by atoms with Gasteiger partial charge in [-0.15, -0.1) is 11.3 Å². The Labute approximate surface area is 186 Å². The highest BCUT2D eigenvalue weighted by Gasteiger charge is 2.21.